The Balaban J connectivity index is 1.68. The molecule has 1 aliphatic rings. The van der Waals surface area contributed by atoms with E-state index in [0.29, 0.717) is 19.0 Å². The van der Waals surface area contributed by atoms with E-state index >= 15 is 0 Å². The van der Waals surface area contributed by atoms with Crippen LogP contribution in [0.15, 0.2) is 42.5 Å². The Bertz CT molecular complexity index is 883. The van der Waals surface area contributed by atoms with Crippen LogP contribution >= 0.6 is 0 Å². The molecule has 2 aromatic rings. The zero-order valence-electron chi connectivity index (χ0n) is 19.4. The highest BCUT2D eigenvalue weighted by Crippen LogP contribution is 2.22. The van der Waals surface area contributed by atoms with Crippen LogP contribution in [0, 0.1) is 25.6 Å². The molecule has 4 nitrogen and oxygen atoms in total. The van der Waals surface area contributed by atoms with Crippen molar-refractivity contribution in [1.82, 2.24) is 14.7 Å². The number of carbonyl (C=O) groups is 1. The monoisotopic (exact) mass is 425 g/mol. The Kier molecular flexibility index (Phi) is 8.22. The van der Waals surface area contributed by atoms with Crippen LogP contribution in [0.4, 0.5) is 4.39 Å². The third-order valence-electron chi connectivity index (χ3n) is 6.29. The van der Waals surface area contributed by atoms with Gasteiger partial charge in [-0.2, -0.15) is 0 Å². The molecular weight excluding hydrogens is 389 g/mol. The largest absolute Gasteiger partial charge is 0.337 e. The Morgan fingerprint density at radius 2 is 1.87 bits per heavy atom. The number of carbonyl (C=O) groups excluding carboxylic acids is 1. The van der Waals surface area contributed by atoms with E-state index < -0.39 is 0 Å². The molecule has 1 heterocycles. The maximum atomic E-state index is 14.1. The van der Waals surface area contributed by atoms with Gasteiger partial charge >= 0.3 is 0 Å². The molecule has 2 aromatic carbocycles. The molecule has 168 valence electrons. The molecule has 0 bridgehead atoms. The summed E-state index contributed by atoms with van der Waals surface area (Å²) < 4.78 is 14.1. The minimum Gasteiger partial charge on any atom is -0.337 e. The lowest BCUT2D eigenvalue weighted by atomic mass is 9.96. The summed E-state index contributed by atoms with van der Waals surface area (Å²) in [5.74, 6) is 0.372. The SMILES string of the molecule is Cc1ccc(C(=O)N(CCN(C)C)C[C@@H]2CCCN(Cc3ccccc3F)C2)cc1C. The number of halogens is 1. The zero-order chi connectivity index (χ0) is 22.4. The van der Waals surface area contributed by atoms with Crippen molar-refractivity contribution in [2.75, 3.05) is 46.8 Å². The van der Waals surface area contributed by atoms with E-state index in [4.69, 9.17) is 0 Å². The van der Waals surface area contributed by atoms with Gasteiger partial charge in [0.2, 0.25) is 0 Å². The predicted molar refractivity (Wildman–Crippen MR) is 125 cm³/mol. The molecule has 31 heavy (non-hydrogen) atoms. The molecule has 0 saturated carbocycles. The van der Waals surface area contributed by atoms with Crippen molar-refractivity contribution >= 4 is 5.91 Å². The Hall–Kier alpha value is -2.24. The summed E-state index contributed by atoms with van der Waals surface area (Å²) in [5.41, 5.74) is 3.86. The van der Waals surface area contributed by atoms with Crippen molar-refractivity contribution in [2.45, 2.75) is 33.2 Å². The van der Waals surface area contributed by atoms with Crippen LogP contribution in [0.25, 0.3) is 0 Å². The molecule has 0 spiro atoms. The van der Waals surface area contributed by atoms with E-state index in [-0.39, 0.29) is 11.7 Å². The number of likely N-dealkylation sites (tertiary alicyclic amines) is 1. The standard InChI is InChI=1S/C26H36FN3O/c1-20-11-12-23(16-21(20)2)26(31)30(15-14-28(3)4)18-22-8-7-13-29(17-22)19-24-9-5-6-10-25(24)27/h5-6,9-12,16,22H,7-8,13-15,17-19H2,1-4H3/t22-/m1/s1. The van der Waals surface area contributed by atoms with E-state index in [1.54, 1.807) is 6.07 Å². The van der Waals surface area contributed by atoms with Gasteiger partial charge in [-0.1, -0.05) is 24.3 Å². The first-order chi connectivity index (χ1) is 14.8. The molecule has 1 fully saturated rings. The molecule has 0 radical (unpaired) electrons. The normalized spacial score (nSPS) is 17.2. The van der Waals surface area contributed by atoms with Gasteiger partial charge in [0.1, 0.15) is 5.82 Å². The molecule has 0 aromatic heterocycles. The van der Waals surface area contributed by atoms with Crippen molar-refractivity contribution in [3.05, 3.63) is 70.5 Å². The molecule has 0 unspecified atom stereocenters. The lowest BCUT2D eigenvalue weighted by Gasteiger charge is -2.36. The van der Waals surface area contributed by atoms with E-state index in [1.165, 1.54) is 11.6 Å². The van der Waals surface area contributed by atoms with Crippen LogP contribution in [0.2, 0.25) is 0 Å². The lowest BCUT2D eigenvalue weighted by molar-refractivity contribution is 0.0660. The Labute approximate surface area is 186 Å². The molecule has 1 aliphatic heterocycles. The van der Waals surface area contributed by atoms with Crippen LogP contribution in [-0.2, 0) is 6.54 Å². The number of aryl methyl sites for hydroxylation is 2. The van der Waals surface area contributed by atoms with Gasteiger partial charge in [0.05, 0.1) is 0 Å². The average molecular weight is 426 g/mol. The number of likely N-dealkylation sites (N-methyl/N-ethyl adjacent to an activating group) is 1. The van der Waals surface area contributed by atoms with Gasteiger partial charge in [-0.3, -0.25) is 9.69 Å². The topological polar surface area (TPSA) is 26.8 Å². The van der Waals surface area contributed by atoms with Gasteiger partial charge in [0.15, 0.2) is 0 Å². The van der Waals surface area contributed by atoms with Crippen molar-refractivity contribution in [2.24, 2.45) is 5.92 Å². The van der Waals surface area contributed by atoms with Crippen molar-refractivity contribution in [3.8, 4) is 0 Å². The first kappa shape index (κ1) is 23.4. The highest BCUT2D eigenvalue weighted by atomic mass is 19.1. The summed E-state index contributed by atoms with van der Waals surface area (Å²) in [6, 6.07) is 13.0. The summed E-state index contributed by atoms with van der Waals surface area (Å²) in [7, 11) is 4.07. The number of hydrogen-bond acceptors (Lipinski definition) is 3. The average Bonchev–Trinajstić information content (AvgIpc) is 2.74. The van der Waals surface area contributed by atoms with Gasteiger partial charge in [-0.05, 0) is 82.6 Å². The summed E-state index contributed by atoms with van der Waals surface area (Å²) in [5, 5.41) is 0. The summed E-state index contributed by atoms with van der Waals surface area (Å²) in [6.07, 6.45) is 2.19. The number of rotatable bonds is 8. The third kappa shape index (κ3) is 6.62. The van der Waals surface area contributed by atoms with Crippen molar-refractivity contribution in [3.63, 3.8) is 0 Å². The van der Waals surface area contributed by atoms with E-state index in [9.17, 15) is 9.18 Å². The molecular formula is C26H36FN3O. The van der Waals surface area contributed by atoms with Crippen LogP contribution in [0.3, 0.4) is 0 Å². The summed E-state index contributed by atoms with van der Waals surface area (Å²) in [4.78, 5) is 19.8. The van der Waals surface area contributed by atoms with E-state index in [2.05, 4.69) is 23.6 Å². The third-order valence-corrected chi connectivity index (χ3v) is 6.29. The van der Waals surface area contributed by atoms with Crippen molar-refractivity contribution in [1.29, 1.82) is 0 Å². The predicted octanol–water partition coefficient (Wildman–Crippen LogP) is 4.36. The first-order valence-electron chi connectivity index (χ1n) is 11.3. The van der Waals surface area contributed by atoms with Gasteiger partial charge in [-0.25, -0.2) is 4.39 Å². The molecule has 1 atom stereocenters. The number of piperidine rings is 1. The second kappa shape index (κ2) is 10.9. The minimum absolute atomic E-state index is 0.108. The number of benzene rings is 2. The summed E-state index contributed by atoms with van der Waals surface area (Å²) >= 11 is 0. The number of nitrogens with zero attached hydrogens (tertiary/aromatic N) is 3. The molecule has 5 heteroatoms. The van der Waals surface area contributed by atoms with Crippen LogP contribution in [0.1, 0.15) is 39.9 Å². The van der Waals surface area contributed by atoms with E-state index in [1.807, 2.05) is 49.3 Å². The molecule has 1 saturated heterocycles. The van der Waals surface area contributed by atoms with Gasteiger partial charge in [-0.15, -0.1) is 0 Å². The molecule has 1 amide bonds. The highest BCUT2D eigenvalue weighted by Gasteiger charge is 2.25. The van der Waals surface area contributed by atoms with Gasteiger partial charge in [0, 0.05) is 43.9 Å². The molecule has 3 rings (SSSR count). The quantitative estimate of drug-likeness (QED) is 0.629. The maximum Gasteiger partial charge on any atom is 0.253 e. The van der Waals surface area contributed by atoms with Crippen LogP contribution in [-0.4, -0.2) is 67.4 Å². The second-order valence-corrected chi connectivity index (χ2v) is 9.19. The van der Waals surface area contributed by atoms with Crippen LogP contribution < -0.4 is 0 Å². The lowest BCUT2D eigenvalue weighted by Crippen LogP contribution is -2.44. The first-order valence-corrected chi connectivity index (χ1v) is 11.3. The Morgan fingerprint density at radius 1 is 1.10 bits per heavy atom. The van der Waals surface area contributed by atoms with Crippen molar-refractivity contribution < 1.29 is 9.18 Å². The maximum absolute atomic E-state index is 14.1. The summed E-state index contributed by atoms with van der Waals surface area (Å²) in [6.45, 7) is 8.92. The fraction of sp³-hybridized carbons (Fsp3) is 0.500. The van der Waals surface area contributed by atoms with Crippen LogP contribution in [0.5, 0.6) is 0 Å². The molecule has 0 aliphatic carbocycles. The van der Waals surface area contributed by atoms with E-state index in [0.717, 1.165) is 55.7 Å². The highest BCUT2D eigenvalue weighted by molar-refractivity contribution is 5.94. The minimum atomic E-state index is -0.137. The number of amides is 1. The Morgan fingerprint density at radius 3 is 2.58 bits per heavy atom. The zero-order valence-corrected chi connectivity index (χ0v) is 19.4. The van der Waals surface area contributed by atoms with Gasteiger partial charge in [0.25, 0.3) is 5.91 Å². The fourth-order valence-corrected chi connectivity index (χ4v) is 4.28. The smallest absolute Gasteiger partial charge is 0.253 e. The second-order valence-electron chi connectivity index (χ2n) is 9.19. The van der Waals surface area contributed by atoms with Gasteiger partial charge < -0.3 is 9.80 Å². The molecule has 0 N–H and O–H groups in total. The fourth-order valence-electron chi connectivity index (χ4n) is 4.28. The number of hydrogen-bond donors (Lipinski definition) is 0.